The standard InChI is InChI=1S/C12H18N4O2S.ClH/c1-7(2)16-4-3-8(12(16)18)15-11(17)9-6-19-10(5-13)14-9;/h6-8H,3-5,13H2,1-2H3,(H,15,17);1H. The number of nitrogens with one attached hydrogen (secondary N) is 1. The van der Waals surface area contributed by atoms with Crippen LogP contribution in [0.1, 0.15) is 35.8 Å². The van der Waals surface area contributed by atoms with Crippen molar-refractivity contribution in [3.05, 3.63) is 16.1 Å². The fraction of sp³-hybridized carbons (Fsp3) is 0.583. The van der Waals surface area contributed by atoms with Crippen LogP contribution >= 0.6 is 23.7 Å². The van der Waals surface area contributed by atoms with Crippen molar-refractivity contribution in [1.29, 1.82) is 0 Å². The van der Waals surface area contributed by atoms with Gasteiger partial charge < -0.3 is 16.0 Å². The molecular formula is C12H19ClN4O2S. The Morgan fingerprint density at radius 2 is 2.35 bits per heavy atom. The summed E-state index contributed by atoms with van der Waals surface area (Å²) in [6.07, 6.45) is 0.649. The Bertz CT molecular complexity index is 492. The van der Waals surface area contributed by atoms with Crippen molar-refractivity contribution in [2.24, 2.45) is 5.73 Å². The molecule has 1 aromatic heterocycles. The molecule has 2 heterocycles. The molecule has 0 radical (unpaired) electrons. The van der Waals surface area contributed by atoms with E-state index >= 15 is 0 Å². The Balaban J connectivity index is 0.00000200. The summed E-state index contributed by atoms with van der Waals surface area (Å²) in [7, 11) is 0. The predicted octanol–water partition coefficient (Wildman–Crippen LogP) is 0.763. The van der Waals surface area contributed by atoms with Gasteiger partial charge in [-0.25, -0.2) is 4.98 Å². The average molecular weight is 319 g/mol. The number of carbonyl (C=O) groups is 2. The molecule has 1 saturated heterocycles. The first kappa shape index (κ1) is 16.9. The molecule has 1 aliphatic rings. The van der Waals surface area contributed by atoms with Crippen LogP contribution < -0.4 is 11.1 Å². The lowest BCUT2D eigenvalue weighted by molar-refractivity contribution is -0.130. The zero-order valence-corrected chi connectivity index (χ0v) is 13.1. The molecule has 1 atom stereocenters. The van der Waals surface area contributed by atoms with Crippen molar-refractivity contribution in [3.8, 4) is 0 Å². The maximum atomic E-state index is 12.0. The number of thiazole rings is 1. The van der Waals surface area contributed by atoms with Crippen molar-refractivity contribution >= 4 is 35.6 Å². The van der Waals surface area contributed by atoms with Crippen LogP contribution in [0, 0.1) is 0 Å². The number of rotatable bonds is 4. The van der Waals surface area contributed by atoms with E-state index in [-0.39, 0.29) is 30.3 Å². The van der Waals surface area contributed by atoms with Gasteiger partial charge in [0.05, 0.1) is 0 Å². The van der Waals surface area contributed by atoms with Gasteiger partial charge in [-0.1, -0.05) is 0 Å². The largest absolute Gasteiger partial charge is 0.339 e. The third-order valence-electron chi connectivity index (χ3n) is 3.13. The Morgan fingerprint density at radius 3 is 2.85 bits per heavy atom. The third kappa shape index (κ3) is 3.47. The van der Waals surface area contributed by atoms with E-state index in [1.807, 2.05) is 13.8 Å². The van der Waals surface area contributed by atoms with Gasteiger partial charge in [0.2, 0.25) is 5.91 Å². The molecule has 0 aromatic carbocycles. The summed E-state index contributed by atoms with van der Waals surface area (Å²) in [5, 5.41) is 5.12. The second kappa shape index (κ2) is 7.01. The molecule has 2 rings (SSSR count). The van der Waals surface area contributed by atoms with E-state index in [1.54, 1.807) is 10.3 Å². The van der Waals surface area contributed by atoms with Crippen LogP contribution in [0.2, 0.25) is 0 Å². The summed E-state index contributed by atoms with van der Waals surface area (Å²) in [4.78, 5) is 29.9. The van der Waals surface area contributed by atoms with E-state index in [0.717, 1.165) is 0 Å². The van der Waals surface area contributed by atoms with Crippen LogP contribution in [0.25, 0.3) is 0 Å². The SMILES string of the molecule is CC(C)N1CCC(NC(=O)c2csc(CN)n2)C1=O.Cl. The van der Waals surface area contributed by atoms with Crippen molar-refractivity contribution in [3.63, 3.8) is 0 Å². The van der Waals surface area contributed by atoms with Crippen LogP contribution in [-0.2, 0) is 11.3 Å². The zero-order chi connectivity index (χ0) is 14.0. The van der Waals surface area contributed by atoms with Gasteiger partial charge in [-0.05, 0) is 20.3 Å². The van der Waals surface area contributed by atoms with Gasteiger partial charge in [-0.15, -0.1) is 23.7 Å². The lowest BCUT2D eigenvalue weighted by atomic mass is 10.2. The first-order valence-corrected chi connectivity index (χ1v) is 7.16. The average Bonchev–Trinajstić information content (AvgIpc) is 2.97. The van der Waals surface area contributed by atoms with Crippen molar-refractivity contribution < 1.29 is 9.59 Å². The predicted molar refractivity (Wildman–Crippen MR) is 80.0 cm³/mol. The molecule has 6 nitrogen and oxygen atoms in total. The molecule has 112 valence electrons. The Kier molecular flexibility index (Phi) is 5.91. The first-order valence-electron chi connectivity index (χ1n) is 6.28. The minimum Gasteiger partial charge on any atom is -0.339 e. The number of likely N-dealkylation sites (tertiary alicyclic amines) is 1. The van der Waals surface area contributed by atoms with E-state index in [0.29, 0.717) is 30.2 Å². The molecule has 1 aromatic rings. The molecular weight excluding hydrogens is 300 g/mol. The second-order valence-electron chi connectivity index (χ2n) is 4.77. The minimum atomic E-state index is -0.432. The van der Waals surface area contributed by atoms with Crippen LogP contribution in [0.5, 0.6) is 0 Å². The Morgan fingerprint density at radius 1 is 1.65 bits per heavy atom. The number of nitrogens with two attached hydrogens (primary N) is 1. The maximum Gasteiger partial charge on any atom is 0.271 e. The summed E-state index contributed by atoms with van der Waals surface area (Å²) in [5.74, 6) is -0.322. The number of amides is 2. The minimum absolute atomic E-state index is 0. The summed E-state index contributed by atoms with van der Waals surface area (Å²) in [5.41, 5.74) is 5.79. The molecule has 3 N–H and O–H groups in total. The normalized spacial score (nSPS) is 18.3. The highest BCUT2D eigenvalue weighted by Crippen LogP contribution is 2.15. The van der Waals surface area contributed by atoms with Crippen molar-refractivity contribution in [2.75, 3.05) is 6.54 Å². The molecule has 0 bridgehead atoms. The van der Waals surface area contributed by atoms with Gasteiger partial charge in [-0.2, -0.15) is 0 Å². The Labute approximate surface area is 128 Å². The van der Waals surface area contributed by atoms with Crippen molar-refractivity contribution in [1.82, 2.24) is 15.2 Å². The molecule has 20 heavy (non-hydrogen) atoms. The molecule has 1 unspecified atom stereocenters. The van der Waals surface area contributed by atoms with Gasteiger partial charge in [0, 0.05) is 24.5 Å². The zero-order valence-electron chi connectivity index (χ0n) is 11.5. The smallest absolute Gasteiger partial charge is 0.271 e. The van der Waals surface area contributed by atoms with Gasteiger partial charge >= 0.3 is 0 Å². The second-order valence-corrected chi connectivity index (χ2v) is 5.71. The summed E-state index contributed by atoms with van der Waals surface area (Å²) < 4.78 is 0. The highest BCUT2D eigenvalue weighted by Gasteiger charge is 2.34. The number of hydrogen-bond acceptors (Lipinski definition) is 5. The first-order chi connectivity index (χ1) is 9.02. The van der Waals surface area contributed by atoms with Crippen LogP contribution in [0.4, 0.5) is 0 Å². The van der Waals surface area contributed by atoms with Crippen LogP contribution in [0.15, 0.2) is 5.38 Å². The van der Waals surface area contributed by atoms with Gasteiger partial charge in [0.15, 0.2) is 0 Å². The molecule has 8 heteroatoms. The monoisotopic (exact) mass is 318 g/mol. The van der Waals surface area contributed by atoms with Crippen molar-refractivity contribution in [2.45, 2.75) is 38.9 Å². The summed E-state index contributed by atoms with van der Waals surface area (Å²) in [6, 6.07) is -0.268. The molecule has 0 saturated carbocycles. The summed E-state index contributed by atoms with van der Waals surface area (Å²) in [6.45, 7) is 4.94. The molecule has 0 spiro atoms. The molecule has 2 amide bonds. The van der Waals surface area contributed by atoms with E-state index < -0.39 is 6.04 Å². The molecule has 1 aliphatic heterocycles. The summed E-state index contributed by atoms with van der Waals surface area (Å²) >= 11 is 1.35. The highest BCUT2D eigenvalue weighted by atomic mass is 35.5. The fourth-order valence-corrected chi connectivity index (χ4v) is 2.74. The number of aromatic nitrogens is 1. The number of nitrogens with zero attached hydrogens (tertiary/aromatic N) is 2. The molecule has 0 aliphatic carbocycles. The van der Waals surface area contributed by atoms with Crippen LogP contribution in [-0.4, -0.2) is 40.3 Å². The topological polar surface area (TPSA) is 88.3 Å². The van der Waals surface area contributed by atoms with E-state index in [4.69, 9.17) is 5.73 Å². The maximum absolute atomic E-state index is 12.0. The van der Waals surface area contributed by atoms with Gasteiger partial charge in [0.25, 0.3) is 5.91 Å². The lowest BCUT2D eigenvalue weighted by Crippen LogP contribution is -2.43. The number of halogens is 1. The van der Waals surface area contributed by atoms with Crippen LogP contribution in [0.3, 0.4) is 0 Å². The van der Waals surface area contributed by atoms with Gasteiger partial charge in [-0.3, -0.25) is 9.59 Å². The van der Waals surface area contributed by atoms with E-state index in [2.05, 4.69) is 10.3 Å². The quantitative estimate of drug-likeness (QED) is 0.858. The number of carbonyl (C=O) groups excluding carboxylic acids is 2. The highest BCUT2D eigenvalue weighted by molar-refractivity contribution is 7.09. The Hall–Kier alpha value is -1.18. The third-order valence-corrected chi connectivity index (χ3v) is 4.00. The fourth-order valence-electron chi connectivity index (χ4n) is 2.09. The lowest BCUT2D eigenvalue weighted by Gasteiger charge is -2.20. The van der Waals surface area contributed by atoms with Gasteiger partial charge in [0.1, 0.15) is 16.7 Å². The number of hydrogen-bond donors (Lipinski definition) is 2. The van der Waals surface area contributed by atoms with E-state index in [1.165, 1.54) is 11.3 Å². The molecule has 1 fully saturated rings. The van der Waals surface area contributed by atoms with E-state index in [9.17, 15) is 9.59 Å².